The average Bonchev–Trinajstić information content (AvgIpc) is 2.76. The number of H-pyrrole nitrogens is 1. The van der Waals surface area contributed by atoms with Crippen LogP contribution < -0.4 is 0 Å². The maximum atomic E-state index is 11.3. The van der Waals surface area contributed by atoms with Crippen LogP contribution in [0.25, 0.3) is 0 Å². The van der Waals surface area contributed by atoms with Crippen molar-refractivity contribution in [1.82, 2.24) is 10.2 Å². The number of methoxy groups -OCH3 is 1. The topological polar surface area (TPSA) is 118 Å². The number of nitrogens with one attached hydrogen (secondary N) is 1. The Labute approximate surface area is 96.7 Å². The molecule has 0 radical (unpaired) electrons. The molecule has 0 spiro atoms. The van der Waals surface area contributed by atoms with Crippen LogP contribution in [0.3, 0.4) is 0 Å². The Hall–Kier alpha value is -1.96. The summed E-state index contributed by atoms with van der Waals surface area (Å²) in [6.45, 7) is 2.96. The van der Waals surface area contributed by atoms with Gasteiger partial charge in [0.25, 0.3) is 0 Å². The van der Waals surface area contributed by atoms with E-state index in [0.29, 0.717) is 0 Å². The number of aliphatic hydroxyl groups excluding tert-OH is 1. The number of nitrogens with zero attached hydrogens (tertiary/aromatic N) is 2. The van der Waals surface area contributed by atoms with E-state index in [4.69, 9.17) is 0 Å². The lowest BCUT2D eigenvalue weighted by Crippen LogP contribution is -2.41. The zero-order valence-electron chi connectivity index (χ0n) is 9.63. The lowest BCUT2D eigenvalue weighted by molar-refractivity contribution is -0.386. The van der Waals surface area contributed by atoms with Crippen LogP contribution in [-0.2, 0) is 14.9 Å². The van der Waals surface area contributed by atoms with Crippen LogP contribution in [0.15, 0.2) is 6.20 Å². The molecule has 1 aromatic rings. The summed E-state index contributed by atoms with van der Waals surface area (Å²) in [5, 5.41) is 26.5. The van der Waals surface area contributed by atoms with Gasteiger partial charge in [0.15, 0.2) is 6.10 Å². The highest BCUT2D eigenvalue weighted by molar-refractivity contribution is 5.76. The molecule has 0 fully saturated rings. The number of nitro groups is 1. The van der Waals surface area contributed by atoms with Crippen molar-refractivity contribution in [3.63, 3.8) is 0 Å². The standard InChI is InChI=1S/C9H13N3O5/c1-9(2,7(13)8(14)17-3)6-5(12(15)16)4-10-11-6/h4,7,13H,1-3H3,(H,10,11). The molecule has 8 nitrogen and oxygen atoms in total. The number of aromatic nitrogens is 2. The Morgan fingerprint density at radius 3 is 2.76 bits per heavy atom. The van der Waals surface area contributed by atoms with Crippen LogP contribution in [0, 0.1) is 10.1 Å². The molecular weight excluding hydrogens is 230 g/mol. The monoisotopic (exact) mass is 243 g/mol. The zero-order chi connectivity index (χ0) is 13.2. The molecule has 0 amide bonds. The number of hydrogen-bond donors (Lipinski definition) is 2. The van der Waals surface area contributed by atoms with Crippen LogP contribution in [-0.4, -0.2) is 39.4 Å². The molecule has 0 aliphatic carbocycles. The molecule has 1 aromatic heterocycles. The van der Waals surface area contributed by atoms with E-state index in [1.165, 1.54) is 13.8 Å². The molecule has 2 N–H and O–H groups in total. The number of carbonyl (C=O) groups is 1. The highest BCUT2D eigenvalue weighted by Crippen LogP contribution is 2.32. The van der Waals surface area contributed by atoms with Gasteiger partial charge in [-0.2, -0.15) is 5.10 Å². The van der Waals surface area contributed by atoms with Crippen LogP contribution in [0.1, 0.15) is 19.5 Å². The first-order valence-electron chi connectivity index (χ1n) is 4.76. The average molecular weight is 243 g/mol. The van der Waals surface area contributed by atoms with Crippen LogP contribution in [0.4, 0.5) is 5.69 Å². The first kappa shape index (κ1) is 13.1. The fourth-order valence-corrected chi connectivity index (χ4v) is 1.44. The number of ether oxygens (including phenoxy) is 1. The minimum Gasteiger partial charge on any atom is -0.467 e. The highest BCUT2D eigenvalue weighted by Gasteiger charge is 2.41. The molecule has 8 heteroatoms. The molecule has 0 bridgehead atoms. The third kappa shape index (κ3) is 2.26. The first-order valence-corrected chi connectivity index (χ1v) is 4.76. The van der Waals surface area contributed by atoms with Crippen molar-refractivity contribution in [3.05, 3.63) is 22.0 Å². The molecule has 0 saturated carbocycles. The van der Waals surface area contributed by atoms with E-state index in [0.717, 1.165) is 13.3 Å². The van der Waals surface area contributed by atoms with Gasteiger partial charge in [0.1, 0.15) is 11.9 Å². The van der Waals surface area contributed by atoms with E-state index in [2.05, 4.69) is 14.9 Å². The Balaban J connectivity index is 3.16. The minimum atomic E-state index is -1.52. The largest absolute Gasteiger partial charge is 0.467 e. The smallest absolute Gasteiger partial charge is 0.335 e. The van der Waals surface area contributed by atoms with Crippen molar-refractivity contribution in [2.24, 2.45) is 0 Å². The third-order valence-corrected chi connectivity index (χ3v) is 2.57. The van der Waals surface area contributed by atoms with Gasteiger partial charge in [0, 0.05) is 0 Å². The van der Waals surface area contributed by atoms with E-state index in [9.17, 15) is 20.0 Å². The maximum Gasteiger partial charge on any atom is 0.335 e. The summed E-state index contributed by atoms with van der Waals surface area (Å²) in [4.78, 5) is 21.4. The van der Waals surface area contributed by atoms with E-state index >= 15 is 0 Å². The highest BCUT2D eigenvalue weighted by atomic mass is 16.6. The summed E-state index contributed by atoms with van der Waals surface area (Å²) < 4.78 is 4.40. The van der Waals surface area contributed by atoms with E-state index in [1.54, 1.807) is 0 Å². The molecule has 0 aliphatic heterocycles. The maximum absolute atomic E-state index is 11.3. The quantitative estimate of drug-likeness (QED) is 0.440. The third-order valence-electron chi connectivity index (χ3n) is 2.57. The molecule has 1 heterocycles. The second-order valence-electron chi connectivity index (χ2n) is 4.03. The molecule has 94 valence electrons. The zero-order valence-corrected chi connectivity index (χ0v) is 9.63. The van der Waals surface area contributed by atoms with Crippen molar-refractivity contribution < 1.29 is 19.6 Å². The predicted molar refractivity (Wildman–Crippen MR) is 56.3 cm³/mol. The Bertz CT molecular complexity index is 440. The fraction of sp³-hybridized carbons (Fsp3) is 0.556. The van der Waals surface area contributed by atoms with Crippen molar-refractivity contribution >= 4 is 11.7 Å². The number of aliphatic hydroxyl groups is 1. The lowest BCUT2D eigenvalue weighted by atomic mass is 9.82. The summed E-state index contributed by atoms with van der Waals surface area (Å²) in [5.41, 5.74) is -1.41. The van der Waals surface area contributed by atoms with Crippen molar-refractivity contribution in [1.29, 1.82) is 0 Å². The molecule has 1 unspecified atom stereocenters. The van der Waals surface area contributed by atoms with Gasteiger partial charge in [-0.1, -0.05) is 13.8 Å². The molecule has 17 heavy (non-hydrogen) atoms. The van der Waals surface area contributed by atoms with Crippen LogP contribution >= 0.6 is 0 Å². The molecular formula is C9H13N3O5. The van der Waals surface area contributed by atoms with Crippen molar-refractivity contribution in [2.45, 2.75) is 25.4 Å². The van der Waals surface area contributed by atoms with Gasteiger partial charge in [-0.3, -0.25) is 15.2 Å². The summed E-state index contributed by atoms with van der Waals surface area (Å²) >= 11 is 0. The van der Waals surface area contributed by atoms with Gasteiger partial charge in [-0.25, -0.2) is 4.79 Å². The minimum absolute atomic E-state index is 0.0698. The number of rotatable bonds is 4. The van der Waals surface area contributed by atoms with E-state index in [-0.39, 0.29) is 11.4 Å². The Morgan fingerprint density at radius 2 is 2.29 bits per heavy atom. The number of aromatic amines is 1. The fourth-order valence-electron chi connectivity index (χ4n) is 1.44. The first-order chi connectivity index (χ1) is 7.82. The van der Waals surface area contributed by atoms with Crippen LogP contribution in [0.2, 0.25) is 0 Å². The van der Waals surface area contributed by atoms with E-state index in [1.807, 2.05) is 0 Å². The van der Waals surface area contributed by atoms with Crippen molar-refractivity contribution in [3.8, 4) is 0 Å². The summed E-state index contributed by atoms with van der Waals surface area (Å²) in [5.74, 6) is -0.862. The normalized spacial score (nSPS) is 13.2. The van der Waals surface area contributed by atoms with Gasteiger partial charge < -0.3 is 9.84 Å². The number of carbonyl (C=O) groups excluding carboxylic acids is 1. The van der Waals surface area contributed by atoms with Gasteiger partial charge in [0.2, 0.25) is 0 Å². The second kappa shape index (κ2) is 4.50. The summed E-state index contributed by atoms with van der Waals surface area (Å²) in [6, 6.07) is 0. The molecule has 0 saturated heterocycles. The number of esters is 1. The van der Waals surface area contributed by atoms with Gasteiger partial charge >= 0.3 is 11.7 Å². The number of hydrogen-bond acceptors (Lipinski definition) is 6. The summed E-state index contributed by atoms with van der Waals surface area (Å²) in [7, 11) is 1.13. The second-order valence-corrected chi connectivity index (χ2v) is 4.03. The molecule has 1 rings (SSSR count). The molecule has 1 atom stereocenters. The Morgan fingerprint density at radius 1 is 1.71 bits per heavy atom. The molecule has 0 aliphatic rings. The lowest BCUT2D eigenvalue weighted by Gasteiger charge is -2.26. The van der Waals surface area contributed by atoms with Gasteiger partial charge in [0.05, 0.1) is 17.4 Å². The van der Waals surface area contributed by atoms with Crippen LogP contribution in [0.5, 0.6) is 0 Å². The van der Waals surface area contributed by atoms with Gasteiger partial charge in [-0.15, -0.1) is 0 Å². The van der Waals surface area contributed by atoms with E-state index < -0.39 is 22.4 Å². The Kier molecular flexibility index (Phi) is 3.47. The summed E-state index contributed by atoms with van der Waals surface area (Å²) in [6.07, 6.45) is -0.493. The predicted octanol–water partition coefficient (Wildman–Crippen LogP) is 0.129. The van der Waals surface area contributed by atoms with Gasteiger partial charge in [-0.05, 0) is 0 Å². The SMILES string of the molecule is COC(=O)C(O)C(C)(C)c1[nH]ncc1[N+](=O)[O-]. The molecule has 0 aromatic carbocycles. The van der Waals surface area contributed by atoms with Crippen molar-refractivity contribution in [2.75, 3.05) is 7.11 Å².